The molecule has 0 aliphatic carbocycles. The van der Waals surface area contributed by atoms with Gasteiger partial charge in [0.1, 0.15) is 18.7 Å². The molecule has 88 valence electrons. The summed E-state index contributed by atoms with van der Waals surface area (Å²) in [5.74, 6) is -0.112. The highest BCUT2D eigenvalue weighted by Crippen LogP contribution is 2.26. The van der Waals surface area contributed by atoms with Crippen LogP contribution in [-0.4, -0.2) is 43.6 Å². The number of aromatic nitrogens is 3. The van der Waals surface area contributed by atoms with Crippen molar-refractivity contribution in [1.29, 1.82) is 0 Å². The molecule has 2 rings (SSSR count). The van der Waals surface area contributed by atoms with Gasteiger partial charge in [-0.2, -0.15) is 4.98 Å². The van der Waals surface area contributed by atoms with Crippen molar-refractivity contribution in [2.75, 3.05) is 12.3 Å². The van der Waals surface area contributed by atoms with Crippen molar-refractivity contribution >= 4 is 5.95 Å². The third kappa shape index (κ3) is 1.90. The molecule has 1 saturated heterocycles. The van der Waals surface area contributed by atoms with Crippen LogP contribution in [0.5, 0.6) is 0 Å². The summed E-state index contributed by atoms with van der Waals surface area (Å²) >= 11 is 0. The molecule has 0 saturated carbocycles. The Labute approximate surface area is 90.3 Å². The number of nitrogen functional groups attached to an aromatic ring is 1. The van der Waals surface area contributed by atoms with Crippen molar-refractivity contribution in [3.63, 3.8) is 0 Å². The monoisotopic (exact) mass is 228 g/mol. The Morgan fingerprint density at radius 3 is 3.00 bits per heavy atom. The highest BCUT2D eigenvalue weighted by atomic mass is 16.5. The fourth-order valence-corrected chi connectivity index (χ4v) is 1.60. The molecule has 1 aliphatic rings. The molecular formula is C8H12N4O4. The lowest BCUT2D eigenvalue weighted by atomic mass is 10.2. The Bertz CT molecular complexity index is 434. The minimum atomic E-state index is -0.806. The molecule has 0 bridgehead atoms. The molecule has 0 amide bonds. The maximum Gasteiger partial charge on any atom is 0.354 e. The number of anilines is 1. The summed E-state index contributed by atoms with van der Waals surface area (Å²) in [6.07, 6.45) is -0.741. The van der Waals surface area contributed by atoms with Crippen molar-refractivity contribution < 1.29 is 14.9 Å². The van der Waals surface area contributed by atoms with Crippen LogP contribution in [0.25, 0.3) is 0 Å². The number of nitrogens with two attached hydrogens (primary N) is 1. The number of hydrogen-bond donors (Lipinski definition) is 3. The maximum atomic E-state index is 11.4. The number of ether oxygens (including phenoxy) is 1. The van der Waals surface area contributed by atoms with Gasteiger partial charge in [0.15, 0.2) is 0 Å². The molecule has 1 aromatic heterocycles. The van der Waals surface area contributed by atoms with Crippen LogP contribution in [0.4, 0.5) is 5.95 Å². The number of rotatable bonds is 2. The Morgan fingerprint density at radius 1 is 1.69 bits per heavy atom. The van der Waals surface area contributed by atoms with Gasteiger partial charge in [-0.1, -0.05) is 0 Å². The van der Waals surface area contributed by atoms with Crippen molar-refractivity contribution in [2.45, 2.75) is 24.9 Å². The van der Waals surface area contributed by atoms with E-state index in [0.29, 0.717) is 0 Å². The molecule has 4 N–H and O–H groups in total. The van der Waals surface area contributed by atoms with Gasteiger partial charge in [0.2, 0.25) is 5.95 Å². The predicted molar refractivity (Wildman–Crippen MR) is 52.3 cm³/mol. The zero-order valence-corrected chi connectivity index (χ0v) is 8.35. The summed E-state index contributed by atoms with van der Waals surface area (Å²) in [4.78, 5) is 18.5. The summed E-state index contributed by atoms with van der Waals surface area (Å²) in [5, 5.41) is 18.4. The van der Waals surface area contributed by atoms with Gasteiger partial charge in [0, 0.05) is 6.42 Å². The molecule has 0 aromatic carbocycles. The number of hydrogen-bond acceptors (Lipinski definition) is 7. The van der Waals surface area contributed by atoms with Crippen LogP contribution < -0.4 is 11.4 Å². The predicted octanol–water partition coefficient (Wildman–Crippen LogP) is -2.14. The summed E-state index contributed by atoms with van der Waals surface area (Å²) < 4.78 is 6.41. The van der Waals surface area contributed by atoms with Crippen LogP contribution in [0.15, 0.2) is 11.1 Å². The molecular weight excluding hydrogens is 216 g/mol. The first-order chi connectivity index (χ1) is 7.61. The van der Waals surface area contributed by atoms with Crippen molar-refractivity contribution in [3.05, 3.63) is 16.8 Å². The van der Waals surface area contributed by atoms with E-state index >= 15 is 0 Å². The Hall–Kier alpha value is -1.51. The van der Waals surface area contributed by atoms with Crippen molar-refractivity contribution in [1.82, 2.24) is 14.5 Å². The minimum absolute atomic E-state index is 0.112. The zero-order valence-electron chi connectivity index (χ0n) is 8.35. The molecule has 1 aromatic rings. The first-order valence-corrected chi connectivity index (χ1v) is 4.77. The molecule has 0 unspecified atom stereocenters. The van der Waals surface area contributed by atoms with Gasteiger partial charge < -0.3 is 20.7 Å². The summed E-state index contributed by atoms with van der Waals surface area (Å²) in [6.45, 7) is -0.303. The van der Waals surface area contributed by atoms with Crippen molar-refractivity contribution in [3.8, 4) is 0 Å². The van der Waals surface area contributed by atoms with E-state index in [0.717, 1.165) is 4.57 Å². The quantitative estimate of drug-likeness (QED) is 0.527. The van der Waals surface area contributed by atoms with Crippen LogP contribution in [0, 0.1) is 0 Å². The van der Waals surface area contributed by atoms with Gasteiger partial charge >= 0.3 is 5.69 Å². The molecule has 8 nitrogen and oxygen atoms in total. The van der Waals surface area contributed by atoms with Gasteiger partial charge in [0.05, 0.1) is 12.7 Å². The molecule has 16 heavy (non-hydrogen) atoms. The van der Waals surface area contributed by atoms with Crippen LogP contribution in [0.3, 0.4) is 0 Å². The van der Waals surface area contributed by atoms with Gasteiger partial charge in [-0.3, -0.25) is 4.57 Å². The standard InChI is InChI=1S/C8H12N4O4/c9-7-10-3-12(8(15)11-7)6-1-4(14)5(2-13)16-6/h3-6,13-14H,1-2H2,(H2,9,11,15)/t4-,5-,6+/m1/s1. The maximum absolute atomic E-state index is 11.4. The molecule has 1 fully saturated rings. The van der Waals surface area contributed by atoms with E-state index in [1.807, 2.05) is 0 Å². The second-order valence-electron chi connectivity index (χ2n) is 3.52. The largest absolute Gasteiger partial charge is 0.394 e. The summed E-state index contributed by atoms with van der Waals surface area (Å²) in [5.41, 5.74) is 4.65. The van der Waals surface area contributed by atoms with Gasteiger partial charge in [-0.15, -0.1) is 0 Å². The zero-order chi connectivity index (χ0) is 11.7. The first kappa shape index (κ1) is 11.0. The lowest BCUT2D eigenvalue weighted by Gasteiger charge is -2.13. The van der Waals surface area contributed by atoms with E-state index in [9.17, 15) is 9.90 Å². The summed E-state index contributed by atoms with van der Waals surface area (Å²) in [7, 11) is 0. The van der Waals surface area contributed by atoms with Crippen LogP contribution in [0.1, 0.15) is 12.6 Å². The van der Waals surface area contributed by atoms with Crippen molar-refractivity contribution in [2.24, 2.45) is 0 Å². The number of aliphatic hydroxyl groups is 2. The molecule has 2 heterocycles. The Kier molecular flexibility index (Phi) is 2.86. The topological polar surface area (TPSA) is 123 Å². The highest BCUT2D eigenvalue weighted by molar-refractivity contribution is 5.09. The number of nitrogens with zero attached hydrogens (tertiary/aromatic N) is 3. The second kappa shape index (κ2) is 4.16. The smallest absolute Gasteiger partial charge is 0.354 e. The Morgan fingerprint density at radius 2 is 2.44 bits per heavy atom. The third-order valence-corrected chi connectivity index (χ3v) is 2.44. The SMILES string of the molecule is Nc1ncn([C@@H]2C[C@@H](O)[C@@H](CO)O2)c(=O)n1. The van der Waals surface area contributed by atoms with Gasteiger partial charge in [-0.25, -0.2) is 9.78 Å². The average Bonchev–Trinajstić information content (AvgIpc) is 2.59. The fourth-order valence-electron chi connectivity index (χ4n) is 1.60. The van der Waals surface area contributed by atoms with E-state index in [4.69, 9.17) is 15.6 Å². The summed E-state index contributed by atoms with van der Waals surface area (Å²) in [6, 6.07) is 0. The van der Waals surface area contributed by atoms with Crippen LogP contribution in [-0.2, 0) is 4.74 Å². The minimum Gasteiger partial charge on any atom is -0.394 e. The lowest BCUT2D eigenvalue weighted by Crippen LogP contribution is -2.28. The average molecular weight is 228 g/mol. The van der Waals surface area contributed by atoms with E-state index in [2.05, 4.69) is 9.97 Å². The molecule has 0 radical (unpaired) electrons. The molecule has 0 spiro atoms. The second-order valence-corrected chi connectivity index (χ2v) is 3.52. The highest BCUT2D eigenvalue weighted by Gasteiger charge is 2.35. The van der Waals surface area contributed by atoms with E-state index in [1.165, 1.54) is 6.33 Å². The van der Waals surface area contributed by atoms with E-state index < -0.39 is 24.1 Å². The lowest BCUT2D eigenvalue weighted by molar-refractivity contribution is -0.0462. The number of aliphatic hydroxyl groups excluding tert-OH is 2. The first-order valence-electron chi connectivity index (χ1n) is 4.77. The van der Waals surface area contributed by atoms with Crippen LogP contribution in [0.2, 0.25) is 0 Å². The fraction of sp³-hybridized carbons (Fsp3) is 0.625. The molecule has 8 heteroatoms. The molecule has 3 atom stereocenters. The van der Waals surface area contributed by atoms with E-state index in [1.54, 1.807) is 0 Å². The third-order valence-electron chi connectivity index (χ3n) is 2.44. The normalized spacial score (nSPS) is 29.5. The Balaban J connectivity index is 2.23. The van der Waals surface area contributed by atoms with Gasteiger partial charge in [0.25, 0.3) is 0 Å². The van der Waals surface area contributed by atoms with E-state index in [-0.39, 0.29) is 19.0 Å². The molecule has 1 aliphatic heterocycles. The van der Waals surface area contributed by atoms with Crippen LogP contribution >= 0.6 is 0 Å². The van der Waals surface area contributed by atoms with Gasteiger partial charge in [-0.05, 0) is 0 Å².